The Hall–Kier alpha value is -4.19. The predicted molar refractivity (Wildman–Crippen MR) is 175 cm³/mol. The third-order valence-corrected chi connectivity index (χ3v) is 11.5. The van der Waals surface area contributed by atoms with E-state index in [1.54, 1.807) is 48.8 Å². The van der Waals surface area contributed by atoms with Crippen molar-refractivity contribution in [2.24, 2.45) is 0 Å². The van der Waals surface area contributed by atoms with E-state index in [2.05, 4.69) is 32.7 Å². The highest BCUT2D eigenvalue weighted by Crippen LogP contribution is 2.31. The first kappa shape index (κ1) is 29.9. The lowest BCUT2D eigenvalue weighted by atomic mass is 10.1. The van der Waals surface area contributed by atoms with Gasteiger partial charge in [0.2, 0.25) is 0 Å². The van der Waals surface area contributed by atoms with Gasteiger partial charge in [-0.1, -0.05) is 48.5 Å². The number of nitrogens with one attached hydrogen (secondary N) is 2. The normalized spacial score (nSPS) is 14.9. The molecule has 1 aliphatic rings. The van der Waals surface area contributed by atoms with E-state index < -0.39 is 19.9 Å². The van der Waals surface area contributed by atoms with E-state index >= 15 is 0 Å². The lowest BCUT2D eigenvalue weighted by Crippen LogP contribution is -2.38. The minimum atomic E-state index is -3.83. The number of para-hydroxylation sites is 1. The van der Waals surface area contributed by atoms with Crippen molar-refractivity contribution in [3.8, 4) is 0 Å². The zero-order chi connectivity index (χ0) is 30.7. The fourth-order valence-corrected chi connectivity index (χ4v) is 8.05. The Morgan fingerprint density at radius 2 is 1.48 bits per heavy atom. The maximum Gasteiger partial charge on any atom is 0.269 e. The van der Waals surface area contributed by atoms with Gasteiger partial charge in [0, 0.05) is 47.9 Å². The highest BCUT2D eigenvalue weighted by molar-refractivity contribution is 7.91. The first-order valence-electron chi connectivity index (χ1n) is 14.5. The average Bonchev–Trinajstić information content (AvgIpc) is 3.48. The summed E-state index contributed by atoms with van der Waals surface area (Å²) in [7, 11) is -6.82. The van der Waals surface area contributed by atoms with E-state index in [-0.39, 0.29) is 10.1 Å². The molecular weight excluding hydrogens is 595 g/mol. The number of hydrogen-bond acceptors (Lipinski definition) is 8. The number of anilines is 3. The molecule has 0 bridgehead atoms. The predicted octanol–water partition coefficient (Wildman–Crippen LogP) is 5.64. The maximum absolute atomic E-state index is 13.5. The van der Waals surface area contributed by atoms with Crippen molar-refractivity contribution in [2.75, 3.05) is 30.0 Å². The molecule has 0 spiro atoms. The van der Waals surface area contributed by atoms with Gasteiger partial charge in [0.05, 0.1) is 22.0 Å². The van der Waals surface area contributed by atoms with Crippen molar-refractivity contribution < 1.29 is 16.8 Å². The Bertz CT molecular complexity index is 1950. The summed E-state index contributed by atoms with van der Waals surface area (Å²) in [5, 5.41) is 7.44. The monoisotopic (exact) mass is 629 g/mol. The van der Waals surface area contributed by atoms with E-state index in [1.165, 1.54) is 10.2 Å². The third kappa shape index (κ3) is 6.50. The summed E-state index contributed by atoms with van der Waals surface area (Å²) in [5.74, 6) is 0. The second-order valence-electron chi connectivity index (χ2n) is 11.2. The molecule has 3 aromatic carbocycles. The molecule has 44 heavy (non-hydrogen) atoms. The SMILES string of the molecule is CS(=O)(=O)C1CCN(Cc2ccc(Nc3cnc4c(ccn4S(=O)(=O)c4ccccc4)c3CNc3ccccc3)cc2)CC1. The molecule has 0 amide bonds. The van der Waals surface area contributed by atoms with Crippen LogP contribution in [0.3, 0.4) is 0 Å². The standard InChI is InChI=1S/C33H35N5O4S2/c1-43(39,40)28-16-19-37(20-17-28)24-25-12-14-27(15-13-25)36-32-23-35-33-30(31(32)22-34-26-8-4-2-5-9-26)18-21-38(33)44(41,42)29-10-6-3-7-11-29/h2-15,18,21,23,28,34,36H,16-17,19-20,22,24H2,1H3. The number of aromatic nitrogens is 2. The molecule has 1 saturated heterocycles. The summed E-state index contributed by atoms with van der Waals surface area (Å²) in [4.78, 5) is 7.10. The summed E-state index contributed by atoms with van der Waals surface area (Å²) in [6.07, 6.45) is 5.91. The minimum Gasteiger partial charge on any atom is -0.381 e. The van der Waals surface area contributed by atoms with Crippen LogP contribution in [0.1, 0.15) is 24.0 Å². The molecule has 9 nitrogen and oxygen atoms in total. The fraction of sp³-hybridized carbons (Fsp3) is 0.242. The maximum atomic E-state index is 13.5. The lowest BCUT2D eigenvalue weighted by molar-refractivity contribution is 0.222. The van der Waals surface area contributed by atoms with Crippen LogP contribution in [-0.4, -0.2) is 55.3 Å². The van der Waals surface area contributed by atoms with Crippen LogP contribution in [0.4, 0.5) is 17.1 Å². The molecule has 5 aromatic rings. The highest BCUT2D eigenvalue weighted by atomic mass is 32.2. The van der Waals surface area contributed by atoms with Crippen LogP contribution in [0.15, 0.2) is 108 Å². The van der Waals surface area contributed by atoms with Crippen molar-refractivity contribution in [3.05, 3.63) is 115 Å². The Morgan fingerprint density at radius 3 is 2.14 bits per heavy atom. The molecule has 0 unspecified atom stereocenters. The second kappa shape index (κ2) is 12.4. The van der Waals surface area contributed by atoms with Gasteiger partial charge in [-0.15, -0.1) is 0 Å². The largest absolute Gasteiger partial charge is 0.381 e. The lowest BCUT2D eigenvalue weighted by Gasteiger charge is -2.31. The smallest absolute Gasteiger partial charge is 0.269 e. The van der Waals surface area contributed by atoms with Crippen LogP contribution >= 0.6 is 0 Å². The van der Waals surface area contributed by atoms with E-state index in [0.717, 1.165) is 53.2 Å². The second-order valence-corrected chi connectivity index (χ2v) is 15.3. The van der Waals surface area contributed by atoms with Crippen LogP contribution in [-0.2, 0) is 33.0 Å². The summed E-state index contributed by atoms with van der Waals surface area (Å²) in [6, 6.07) is 28.2. The molecule has 0 aliphatic carbocycles. The van der Waals surface area contributed by atoms with Gasteiger partial charge < -0.3 is 10.6 Å². The Labute approximate surface area is 258 Å². The van der Waals surface area contributed by atoms with Crippen molar-refractivity contribution in [3.63, 3.8) is 0 Å². The number of likely N-dealkylation sites (tertiary alicyclic amines) is 1. The summed E-state index contributed by atoms with van der Waals surface area (Å²) in [5.41, 5.74) is 4.99. The molecule has 3 heterocycles. The fourth-order valence-electron chi connectivity index (χ4n) is 5.66. The number of piperidine rings is 1. The van der Waals surface area contributed by atoms with Gasteiger partial charge in [0.25, 0.3) is 10.0 Å². The third-order valence-electron chi connectivity index (χ3n) is 8.11. The van der Waals surface area contributed by atoms with E-state index in [1.807, 2.05) is 42.5 Å². The van der Waals surface area contributed by atoms with Gasteiger partial charge in [0.15, 0.2) is 5.65 Å². The molecule has 11 heteroatoms. The van der Waals surface area contributed by atoms with Crippen LogP contribution < -0.4 is 10.6 Å². The molecule has 228 valence electrons. The molecule has 0 radical (unpaired) electrons. The van der Waals surface area contributed by atoms with Gasteiger partial charge in [-0.3, -0.25) is 4.90 Å². The first-order chi connectivity index (χ1) is 21.2. The Kier molecular flexibility index (Phi) is 8.44. The summed E-state index contributed by atoms with van der Waals surface area (Å²) >= 11 is 0. The van der Waals surface area contributed by atoms with Gasteiger partial charge in [-0.05, 0) is 74.0 Å². The van der Waals surface area contributed by atoms with Crippen molar-refractivity contribution >= 4 is 48.0 Å². The van der Waals surface area contributed by atoms with E-state index in [4.69, 9.17) is 0 Å². The van der Waals surface area contributed by atoms with Gasteiger partial charge in [-0.2, -0.15) is 0 Å². The van der Waals surface area contributed by atoms with Crippen LogP contribution in [0.25, 0.3) is 11.0 Å². The van der Waals surface area contributed by atoms with Crippen LogP contribution in [0.5, 0.6) is 0 Å². The number of hydrogen-bond donors (Lipinski definition) is 2. The van der Waals surface area contributed by atoms with Gasteiger partial charge in [0.1, 0.15) is 9.84 Å². The minimum absolute atomic E-state index is 0.199. The molecule has 0 atom stereocenters. The number of pyridine rings is 1. The summed E-state index contributed by atoms with van der Waals surface area (Å²) < 4.78 is 52.0. The Balaban J connectivity index is 1.25. The van der Waals surface area contributed by atoms with Crippen LogP contribution in [0, 0.1) is 0 Å². The molecule has 0 saturated carbocycles. The van der Waals surface area contributed by atoms with Crippen LogP contribution in [0.2, 0.25) is 0 Å². The number of benzene rings is 3. The van der Waals surface area contributed by atoms with Crippen molar-refractivity contribution in [1.29, 1.82) is 0 Å². The van der Waals surface area contributed by atoms with E-state index in [0.29, 0.717) is 25.0 Å². The number of rotatable bonds is 10. The van der Waals surface area contributed by atoms with E-state index in [9.17, 15) is 16.8 Å². The molecule has 2 aromatic heterocycles. The summed E-state index contributed by atoms with van der Waals surface area (Å²) in [6.45, 7) is 2.74. The average molecular weight is 630 g/mol. The molecule has 6 rings (SSSR count). The van der Waals surface area contributed by atoms with Gasteiger partial charge in [-0.25, -0.2) is 25.8 Å². The van der Waals surface area contributed by atoms with Gasteiger partial charge >= 0.3 is 0 Å². The zero-order valence-corrected chi connectivity index (χ0v) is 26.1. The number of sulfone groups is 1. The highest BCUT2D eigenvalue weighted by Gasteiger charge is 2.26. The number of nitrogens with zero attached hydrogens (tertiary/aromatic N) is 3. The first-order valence-corrected chi connectivity index (χ1v) is 17.9. The molecule has 1 aliphatic heterocycles. The topological polar surface area (TPSA) is 113 Å². The molecule has 1 fully saturated rings. The quantitative estimate of drug-likeness (QED) is 0.204. The molecular formula is C33H35N5O4S2. The Morgan fingerprint density at radius 1 is 0.818 bits per heavy atom. The van der Waals surface area contributed by atoms with Crippen molar-refractivity contribution in [2.45, 2.75) is 36.1 Å². The van der Waals surface area contributed by atoms with Crippen molar-refractivity contribution in [1.82, 2.24) is 13.9 Å². The molecule has 2 N–H and O–H groups in total. The zero-order valence-electron chi connectivity index (χ0n) is 24.4. The number of fused-ring (bicyclic) bond motifs is 1.